The Morgan fingerprint density at radius 2 is 2.05 bits per heavy atom. The second kappa shape index (κ2) is 7.43. The molecule has 0 N–H and O–H groups in total. The Balaban J connectivity index is 2.03. The van der Waals surface area contributed by atoms with Crippen LogP contribution in [-0.4, -0.2) is 18.2 Å². The lowest BCUT2D eigenvalue weighted by molar-refractivity contribution is -0.0727. The van der Waals surface area contributed by atoms with Crippen LogP contribution in [0, 0.1) is 12.3 Å². The summed E-state index contributed by atoms with van der Waals surface area (Å²) in [6.45, 7) is 2.01. The smallest absolute Gasteiger partial charge is 0.150 e. The van der Waals surface area contributed by atoms with Gasteiger partial charge in [-0.25, -0.2) is 0 Å². The van der Waals surface area contributed by atoms with Gasteiger partial charge < -0.3 is 4.84 Å². The molecule has 19 heavy (non-hydrogen) atoms. The van der Waals surface area contributed by atoms with Crippen molar-refractivity contribution in [1.82, 2.24) is 5.06 Å². The summed E-state index contributed by atoms with van der Waals surface area (Å²) in [7, 11) is 0. The largest absolute Gasteiger partial charge is 0.406 e. The van der Waals surface area contributed by atoms with Gasteiger partial charge in [-0.05, 0) is 49.4 Å². The van der Waals surface area contributed by atoms with E-state index in [1.807, 2.05) is 18.2 Å². The molecule has 2 nitrogen and oxygen atoms in total. The number of rotatable bonds is 5. The Morgan fingerprint density at radius 1 is 1.26 bits per heavy atom. The van der Waals surface area contributed by atoms with Crippen molar-refractivity contribution >= 4 is 11.6 Å². The van der Waals surface area contributed by atoms with Gasteiger partial charge >= 0.3 is 0 Å². The molecule has 1 fully saturated rings. The summed E-state index contributed by atoms with van der Waals surface area (Å²) in [5.41, 5.74) is 1.15. The summed E-state index contributed by atoms with van der Waals surface area (Å²) in [6, 6.07) is 5.82. The standard InChI is InChI=1S/C16H20ClNO/c1-2-3-5-8-14-13-15(17)9-10-16(14)19-18-11-6-4-7-12-18/h1,9-10,13H,3-8,11-12H2. The summed E-state index contributed by atoms with van der Waals surface area (Å²) >= 11 is 6.06. The van der Waals surface area contributed by atoms with Gasteiger partial charge in [0.25, 0.3) is 0 Å². The van der Waals surface area contributed by atoms with E-state index in [2.05, 4.69) is 11.0 Å². The summed E-state index contributed by atoms with van der Waals surface area (Å²) in [6.07, 6.45) is 11.7. The average Bonchev–Trinajstić information content (AvgIpc) is 2.43. The Labute approximate surface area is 120 Å². The monoisotopic (exact) mass is 277 g/mol. The molecule has 1 aromatic carbocycles. The van der Waals surface area contributed by atoms with E-state index in [4.69, 9.17) is 22.9 Å². The highest BCUT2D eigenvalue weighted by Gasteiger charge is 2.14. The van der Waals surface area contributed by atoms with Crippen LogP contribution in [0.15, 0.2) is 18.2 Å². The first-order valence-corrected chi connectivity index (χ1v) is 7.32. The lowest BCUT2D eigenvalue weighted by Crippen LogP contribution is -2.33. The number of halogens is 1. The van der Waals surface area contributed by atoms with Crippen molar-refractivity contribution in [3.8, 4) is 18.1 Å². The fourth-order valence-corrected chi connectivity index (χ4v) is 2.50. The summed E-state index contributed by atoms with van der Waals surface area (Å²) < 4.78 is 0. The number of hydroxylamine groups is 2. The quantitative estimate of drug-likeness (QED) is 0.594. The van der Waals surface area contributed by atoms with Crippen LogP contribution >= 0.6 is 11.6 Å². The second-order valence-corrected chi connectivity index (χ2v) is 5.33. The maximum atomic E-state index is 6.06. The normalized spacial score (nSPS) is 16.0. The minimum atomic E-state index is 0.752. The molecule has 3 heteroatoms. The van der Waals surface area contributed by atoms with E-state index in [0.29, 0.717) is 0 Å². The van der Waals surface area contributed by atoms with Crippen LogP contribution < -0.4 is 4.84 Å². The first-order chi connectivity index (χ1) is 9.29. The van der Waals surface area contributed by atoms with Crippen LogP contribution in [-0.2, 0) is 6.42 Å². The number of hydrogen-bond donors (Lipinski definition) is 0. The van der Waals surface area contributed by atoms with Crippen LogP contribution in [0.25, 0.3) is 0 Å². The minimum Gasteiger partial charge on any atom is -0.406 e. The van der Waals surface area contributed by atoms with Crippen molar-refractivity contribution in [2.75, 3.05) is 13.1 Å². The van der Waals surface area contributed by atoms with Crippen molar-refractivity contribution < 1.29 is 4.84 Å². The first kappa shape index (κ1) is 14.2. The molecule has 102 valence electrons. The van der Waals surface area contributed by atoms with E-state index < -0.39 is 0 Å². The zero-order valence-corrected chi connectivity index (χ0v) is 12.0. The zero-order valence-electron chi connectivity index (χ0n) is 11.2. The topological polar surface area (TPSA) is 12.5 Å². The number of hydrogen-bond acceptors (Lipinski definition) is 2. The lowest BCUT2D eigenvalue weighted by Gasteiger charge is -2.27. The predicted octanol–water partition coefficient (Wildman–Crippen LogP) is 4.08. The maximum absolute atomic E-state index is 6.06. The van der Waals surface area contributed by atoms with Crippen LogP contribution in [0.3, 0.4) is 0 Å². The molecular weight excluding hydrogens is 258 g/mol. The van der Waals surface area contributed by atoms with E-state index in [1.54, 1.807) is 0 Å². The molecule has 1 aliphatic heterocycles. The molecule has 0 saturated carbocycles. The van der Waals surface area contributed by atoms with Crippen molar-refractivity contribution in [3.05, 3.63) is 28.8 Å². The number of unbranched alkanes of at least 4 members (excludes halogenated alkanes) is 1. The Morgan fingerprint density at radius 3 is 2.79 bits per heavy atom. The van der Waals surface area contributed by atoms with Crippen LogP contribution in [0.2, 0.25) is 5.02 Å². The van der Waals surface area contributed by atoms with E-state index in [1.165, 1.54) is 19.3 Å². The van der Waals surface area contributed by atoms with E-state index in [0.717, 1.165) is 48.7 Å². The molecule has 0 radical (unpaired) electrons. The third-order valence-electron chi connectivity index (χ3n) is 3.33. The number of terminal acetylenes is 1. The number of piperidine rings is 1. The van der Waals surface area contributed by atoms with Gasteiger partial charge in [0, 0.05) is 24.5 Å². The van der Waals surface area contributed by atoms with E-state index >= 15 is 0 Å². The van der Waals surface area contributed by atoms with Gasteiger partial charge in [-0.3, -0.25) is 0 Å². The van der Waals surface area contributed by atoms with Crippen LogP contribution in [0.1, 0.15) is 37.7 Å². The van der Waals surface area contributed by atoms with Gasteiger partial charge in [0.2, 0.25) is 0 Å². The Hall–Kier alpha value is -1.17. The van der Waals surface area contributed by atoms with Crippen molar-refractivity contribution in [1.29, 1.82) is 0 Å². The van der Waals surface area contributed by atoms with Crippen molar-refractivity contribution in [2.45, 2.75) is 38.5 Å². The molecule has 0 aliphatic carbocycles. The number of benzene rings is 1. The van der Waals surface area contributed by atoms with Gasteiger partial charge in [0.15, 0.2) is 5.75 Å². The molecule has 0 unspecified atom stereocenters. The minimum absolute atomic E-state index is 0.752. The van der Waals surface area contributed by atoms with E-state index in [9.17, 15) is 0 Å². The van der Waals surface area contributed by atoms with Crippen molar-refractivity contribution in [3.63, 3.8) is 0 Å². The molecule has 0 spiro atoms. The molecule has 0 amide bonds. The SMILES string of the molecule is C#CCCCc1cc(Cl)ccc1ON1CCCCC1. The number of nitrogens with zero attached hydrogens (tertiary/aromatic N) is 1. The third-order valence-corrected chi connectivity index (χ3v) is 3.57. The van der Waals surface area contributed by atoms with Gasteiger partial charge in [-0.2, -0.15) is 0 Å². The highest BCUT2D eigenvalue weighted by atomic mass is 35.5. The summed E-state index contributed by atoms with van der Waals surface area (Å²) in [5, 5.41) is 2.80. The molecule has 2 rings (SSSR count). The molecule has 1 aliphatic rings. The second-order valence-electron chi connectivity index (χ2n) is 4.89. The highest BCUT2D eigenvalue weighted by molar-refractivity contribution is 6.30. The molecule has 0 bridgehead atoms. The Kier molecular flexibility index (Phi) is 5.57. The fraction of sp³-hybridized carbons (Fsp3) is 0.500. The van der Waals surface area contributed by atoms with Gasteiger partial charge in [0.1, 0.15) is 0 Å². The van der Waals surface area contributed by atoms with Crippen LogP contribution in [0.4, 0.5) is 0 Å². The maximum Gasteiger partial charge on any atom is 0.150 e. The molecule has 1 heterocycles. The fourth-order valence-electron chi connectivity index (χ4n) is 2.31. The highest BCUT2D eigenvalue weighted by Crippen LogP contribution is 2.26. The lowest BCUT2D eigenvalue weighted by atomic mass is 10.1. The summed E-state index contributed by atoms with van der Waals surface area (Å²) in [4.78, 5) is 6.00. The predicted molar refractivity (Wildman–Crippen MR) is 79.3 cm³/mol. The van der Waals surface area contributed by atoms with Gasteiger partial charge in [-0.15, -0.1) is 17.4 Å². The molecule has 0 aromatic heterocycles. The average molecular weight is 278 g/mol. The van der Waals surface area contributed by atoms with E-state index in [-0.39, 0.29) is 0 Å². The number of aryl methyl sites for hydroxylation is 1. The molecule has 1 aromatic rings. The molecule has 0 atom stereocenters. The molecular formula is C16H20ClNO. The van der Waals surface area contributed by atoms with Crippen LogP contribution in [0.5, 0.6) is 5.75 Å². The Bertz CT molecular complexity index is 447. The zero-order chi connectivity index (χ0) is 13.5. The van der Waals surface area contributed by atoms with Crippen molar-refractivity contribution in [2.24, 2.45) is 0 Å². The molecule has 1 saturated heterocycles. The summed E-state index contributed by atoms with van der Waals surface area (Å²) in [5.74, 6) is 3.59. The first-order valence-electron chi connectivity index (χ1n) is 6.94. The third kappa shape index (κ3) is 4.45. The van der Waals surface area contributed by atoms with Gasteiger partial charge in [-0.1, -0.05) is 18.0 Å². The van der Waals surface area contributed by atoms with Gasteiger partial charge in [0.05, 0.1) is 0 Å².